The number of nitrogens with one attached hydrogen (secondary N) is 1. The third kappa shape index (κ3) is 3.28. The Bertz CT molecular complexity index is 969. The van der Waals surface area contributed by atoms with Crippen molar-refractivity contribution in [3.8, 4) is 5.75 Å². The van der Waals surface area contributed by atoms with Gasteiger partial charge < -0.3 is 4.74 Å². The van der Waals surface area contributed by atoms with E-state index in [0.717, 1.165) is 10.5 Å². The smallest absolute Gasteiger partial charge is 0.265 e. The maximum atomic E-state index is 12.9. The van der Waals surface area contributed by atoms with Gasteiger partial charge in [0.05, 0.1) is 18.5 Å². The lowest BCUT2D eigenvalue weighted by Crippen LogP contribution is -2.28. The summed E-state index contributed by atoms with van der Waals surface area (Å²) in [4.78, 5) is 24.8. The number of rotatable bonds is 5. The lowest BCUT2D eigenvalue weighted by atomic mass is 10.2. The third-order valence-corrected chi connectivity index (χ3v) is 5.52. The van der Waals surface area contributed by atoms with E-state index in [0.29, 0.717) is 5.69 Å². The van der Waals surface area contributed by atoms with Gasteiger partial charge in [0.1, 0.15) is 10.6 Å². The van der Waals surface area contributed by atoms with E-state index in [-0.39, 0.29) is 41.0 Å². The van der Waals surface area contributed by atoms with Crippen LogP contribution in [0.25, 0.3) is 0 Å². The summed E-state index contributed by atoms with van der Waals surface area (Å²) in [7, 11) is -2.63. The molecule has 0 saturated carbocycles. The molecular formula is C18H18N2O5S. The number of carbonyl (C=O) groups is 2. The summed E-state index contributed by atoms with van der Waals surface area (Å²) in [5, 5.41) is 0. The third-order valence-electron chi connectivity index (χ3n) is 4.14. The van der Waals surface area contributed by atoms with Crippen LogP contribution in [0.4, 0.5) is 11.4 Å². The van der Waals surface area contributed by atoms with Crippen molar-refractivity contribution in [3.63, 3.8) is 0 Å². The number of aryl methyl sites for hydroxylation is 1. The van der Waals surface area contributed by atoms with Gasteiger partial charge in [-0.25, -0.2) is 8.42 Å². The first-order valence-electron chi connectivity index (χ1n) is 7.96. The fourth-order valence-electron chi connectivity index (χ4n) is 2.77. The molecule has 26 heavy (non-hydrogen) atoms. The van der Waals surface area contributed by atoms with Crippen LogP contribution >= 0.6 is 0 Å². The second-order valence-corrected chi connectivity index (χ2v) is 7.53. The van der Waals surface area contributed by atoms with Crippen molar-refractivity contribution in [3.05, 3.63) is 48.0 Å². The molecule has 1 heterocycles. The largest absolute Gasteiger partial charge is 0.495 e. The molecule has 1 fully saturated rings. The van der Waals surface area contributed by atoms with Crippen LogP contribution in [-0.4, -0.2) is 27.3 Å². The summed E-state index contributed by atoms with van der Waals surface area (Å²) in [5.74, 6) is -0.584. The first-order chi connectivity index (χ1) is 12.3. The Hall–Kier alpha value is -2.87. The zero-order valence-corrected chi connectivity index (χ0v) is 15.2. The van der Waals surface area contributed by atoms with Crippen LogP contribution < -0.4 is 14.4 Å². The average Bonchev–Trinajstić information content (AvgIpc) is 2.95. The molecule has 0 unspecified atom stereocenters. The Kier molecular flexibility index (Phi) is 4.69. The van der Waals surface area contributed by atoms with E-state index in [2.05, 4.69) is 4.72 Å². The molecule has 1 aliphatic rings. The summed E-state index contributed by atoms with van der Waals surface area (Å²) < 4.78 is 33.5. The molecular weight excluding hydrogens is 356 g/mol. The highest BCUT2D eigenvalue weighted by Gasteiger charge is 2.32. The van der Waals surface area contributed by atoms with Gasteiger partial charge in [-0.2, -0.15) is 0 Å². The van der Waals surface area contributed by atoms with Crippen LogP contribution in [-0.2, 0) is 19.6 Å². The van der Waals surface area contributed by atoms with Crippen molar-refractivity contribution in [2.45, 2.75) is 24.7 Å². The number of hydrogen-bond donors (Lipinski definition) is 1. The van der Waals surface area contributed by atoms with Crippen LogP contribution in [0.3, 0.4) is 0 Å². The molecule has 0 radical (unpaired) electrons. The van der Waals surface area contributed by atoms with Gasteiger partial charge in [0.25, 0.3) is 10.0 Å². The van der Waals surface area contributed by atoms with Crippen LogP contribution in [0.5, 0.6) is 5.75 Å². The van der Waals surface area contributed by atoms with Crippen molar-refractivity contribution >= 4 is 33.2 Å². The number of nitrogens with zero attached hydrogens (tertiary/aromatic N) is 1. The number of para-hydroxylation sites is 1. The number of carbonyl (C=O) groups excluding carboxylic acids is 2. The van der Waals surface area contributed by atoms with Crippen molar-refractivity contribution in [2.75, 3.05) is 16.7 Å². The van der Waals surface area contributed by atoms with E-state index in [1.807, 2.05) is 0 Å². The van der Waals surface area contributed by atoms with E-state index >= 15 is 0 Å². The highest BCUT2D eigenvalue weighted by Crippen LogP contribution is 2.32. The second-order valence-electron chi connectivity index (χ2n) is 5.88. The number of sulfonamides is 1. The molecule has 0 aliphatic carbocycles. The summed E-state index contributed by atoms with van der Waals surface area (Å²) in [6.07, 6.45) is 0.239. The molecule has 1 aliphatic heterocycles. The minimum atomic E-state index is -3.99. The van der Waals surface area contributed by atoms with Gasteiger partial charge >= 0.3 is 0 Å². The van der Waals surface area contributed by atoms with Crippen molar-refractivity contribution in [1.29, 1.82) is 0 Å². The van der Waals surface area contributed by atoms with E-state index < -0.39 is 10.0 Å². The van der Waals surface area contributed by atoms with Crippen LogP contribution in [0.1, 0.15) is 18.4 Å². The molecule has 8 heteroatoms. The molecule has 0 bridgehead atoms. The van der Waals surface area contributed by atoms with Gasteiger partial charge in [-0.05, 0) is 36.8 Å². The molecule has 2 aromatic carbocycles. The molecule has 1 N–H and O–H groups in total. The summed E-state index contributed by atoms with van der Waals surface area (Å²) in [6, 6.07) is 11.2. The molecule has 0 atom stereocenters. The van der Waals surface area contributed by atoms with E-state index in [1.165, 1.54) is 25.3 Å². The second kappa shape index (κ2) is 6.80. The number of benzene rings is 2. The SMILES string of the molecule is COc1ccc(N2C(=O)CCC2=O)cc1S(=O)(=O)Nc1ccccc1C. The maximum absolute atomic E-state index is 12.9. The minimum Gasteiger partial charge on any atom is -0.495 e. The molecule has 3 rings (SSSR count). The fraction of sp³-hybridized carbons (Fsp3) is 0.222. The molecule has 0 aromatic heterocycles. The van der Waals surface area contributed by atoms with Crippen molar-refractivity contribution in [2.24, 2.45) is 0 Å². The monoisotopic (exact) mass is 374 g/mol. The van der Waals surface area contributed by atoms with Gasteiger partial charge in [-0.15, -0.1) is 0 Å². The zero-order valence-electron chi connectivity index (χ0n) is 14.4. The van der Waals surface area contributed by atoms with Gasteiger partial charge in [0.15, 0.2) is 0 Å². The number of ether oxygens (including phenoxy) is 1. The summed E-state index contributed by atoms with van der Waals surface area (Å²) in [6.45, 7) is 1.78. The Balaban J connectivity index is 2.05. The maximum Gasteiger partial charge on any atom is 0.265 e. The van der Waals surface area contributed by atoms with E-state index in [9.17, 15) is 18.0 Å². The molecule has 0 spiro atoms. The standard InChI is InChI=1S/C18H18N2O5S/c1-12-5-3-4-6-14(12)19-26(23,24)16-11-13(7-8-15(16)25-2)20-17(21)9-10-18(20)22/h3-8,11,19H,9-10H2,1-2H3. The first kappa shape index (κ1) is 17.9. The summed E-state index contributed by atoms with van der Waals surface area (Å²) in [5.41, 5.74) is 1.41. The number of imide groups is 1. The van der Waals surface area contributed by atoms with Gasteiger partial charge in [-0.3, -0.25) is 19.2 Å². The quantitative estimate of drug-likeness (QED) is 0.812. The molecule has 2 aromatic rings. The first-order valence-corrected chi connectivity index (χ1v) is 9.44. The topological polar surface area (TPSA) is 92.8 Å². The van der Waals surface area contributed by atoms with Gasteiger partial charge in [-0.1, -0.05) is 18.2 Å². The Morgan fingerprint density at radius 3 is 2.31 bits per heavy atom. The lowest BCUT2D eigenvalue weighted by molar-refractivity contribution is -0.121. The molecule has 2 amide bonds. The molecule has 136 valence electrons. The van der Waals surface area contributed by atoms with Crippen LogP contribution in [0.15, 0.2) is 47.4 Å². The normalized spacial score (nSPS) is 14.6. The number of methoxy groups -OCH3 is 1. The Morgan fingerprint density at radius 1 is 1.04 bits per heavy atom. The van der Waals surface area contributed by atoms with Crippen molar-refractivity contribution < 1.29 is 22.7 Å². The predicted molar refractivity (Wildman–Crippen MR) is 96.7 cm³/mol. The van der Waals surface area contributed by atoms with Crippen LogP contribution in [0, 0.1) is 6.92 Å². The summed E-state index contributed by atoms with van der Waals surface area (Å²) >= 11 is 0. The van der Waals surface area contributed by atoms with Gasteiger partial charge in [0, 0.05) is 12.8 Å². The highest BCUT2D eigenvalue weighted by atomic mass is 32.2. The highest BCUT2D eigenvalue weighted by molar-refractivity contribution is 7.92. The van der Waals surface area contributed by atoms with Crippen LogP contribution in [0.2, 0.25) is 0 Å². The minimum absolute atomic E-state index is 0.119. The Morgan fingerprint density at radius 2 is 1.69 bits per heavy atom. The van der Waals surface area contributed by atoms with Crippen molar-refractivity contribution in [1.82, 2.24) is 0 Å². The molecule has 7 nitrogen and oxygen atoms in total. The fourth-order valence-corrected chi connectivity index (χ4v) is 4.09. The van der Waals surface area contributed by atoms with E-state index in [1.54, 1.807) is 31.2 Å². The predicted octanol–water partition coefficient (Wildman–Crippen LogP) is 2.46. The molecule has 1 saturated heterocycles. The number of amides is 2. The lowest BCUT2D eigenvalue weighted by Gasteiger charge is -2.18. The zero-order chi connectivity index (χ0) is 18.9. The average molecular weight is 374 g/mol. The number of hydrogen-bond acceptors (Lipinski definition) is 5. The number of anilines is 2. The van der Waals surface area contributed by atoms with E-state index in [4.69, 9.17) is 4.74 Å². The Labute approximate surface area is 151 Å². The van der Waals surface area contributed by atoms with Gasteiger partial charge in [0.2, 0.25) is 11.8 Å².